The van der Waals surface area contributed by atoms with Gasteiger partial charge in [0.05, 0.1) is 0 Å². The average molecular weight is 285 g/mol. The lowest BCUT2D eigenvalue weighted by atomic mass is 10.1. The lowest BCUT2D eigenvalue weighted by Crippen LogP contribution is -2.04. The Morgan fingerprint density at radius 3 is 2.31 bits per heavy atom. The quantitative estimate of drug-likeness (QED) is 0.370. The van der Waals surface area contributed by atoms with Crippen LogP contribution in [-0.4, -0.2) is 11.8 Å². The number of halogens is 1. The maximum atomic E-state index is 11.3. The maximum absolute atomic E-state index is 11.3. The molecule has 0 unspecified atom stereocenters. The Balaban J connectivity index is 3.18. The van der Waals surface area contributed by atoms with Crippen LogP contribution in [0.5, 0.6) is 5.75 Å². The van der Waals surface area contributed by atoms with E-state index in [0.717, 1.165) is 5.56 Å². The number of benzene rings is 1. The van der Waals surface area contributed by atoms with E-state index in [2.05, 4.69) is 15.9 Å². The maximum Gasteiger partial charge on any atom is 0.308 e. The van der Waals surface area contributed by atoms with E-state index in [-0.39, 0.29) is 10.6 Å². The fourth-order valence-corrected chi connectivity index (χ4v) is 1.54. The van der Waals surface area contributed by atoms with Gasteiger partial charge in [-0.15, -0.1) is 0 Å². The van der Waals surface area contributed by atoms with Crippen LogP contribution in [-0.2, 0) is 4.79 Å². The molecular formula is C12H13BrO3. The molecule has 0 aliphatic carbocycles. The zero-order valence-electron chi connectivity index (χ0n) is 9.41. The molecule has 0 radical (unpaired) electrons. The van der Waals surface area contributed by atoms with Gasteiger partial charge in [-0.05, 0) is 37.6 Å². The molecule has 86 valence electrons. The zero-order valence-corrected chi connectivity index (χ0v) is 11.0. The molecule has 0 bridgehead atoms. The van der Waals surface area contributed by atoms with Crippen molar-refractivity contribution in [3.8, 4) is 5.75 Å². The SMILES string of the molecule is CC(=O)Oc1cc(C(C)=O)cc([C@@H](C)Br)c1. The van der Waals surface area contributed by atoms with Crippen molar-refractivity contribution in [2.45, 2.75) is 25.6 Å². The minimum atomic E-state index is -0.395. The number of ketones is 1. The van der Waals surface area contributed by atoms with Gasteiger partial charge in [0.15, 0.2) is 5.78 Å². The van der Waals surface area contributed by atoms with Crippen molar-refractivity contribution in [3.63, 3.8) is 0 Å². The molecule has 1 aromatic carbocycles. The first-order chi connectivity index (χ1) is 7.40. The summed E-state index contributed by atoms with van der Waals surface area (Å²) in [4.78, 5) is 22.3. The largest absolute Gasteiger partial charge is 0.427 e. The number of rotatable bonds is 3. The summed E-state index contributed by atoms with van der Waals surface area (Å²) in [6.07, 6.45) is 0. The first-order valence-electron chi connectivity index (χ1n) is 4.88. The first-order valence-corrected chi connectivity index (χ1v) is 5.80. The van der Waals surface area contributed by atoms with Crippen LogP contribution >= 0.6 is 15.9 Å². The molecular weight excluding hydrogens is 272 g/mol. The van der Waals surface area contributed by atoms with Crippen LogP contribution in [0.4, 0.5) is 0 Å². The molecule has 1 rings (SSSR count). The fraction of sp³-hybridized carbons (Fsp3) is 0.333. The zero-order chi connectivity index (χ0) is 12.3. The molecule has 0 saturated heterocycles. The van der Waals surface area contributed by atoms with Crippen molar-refractivity contribution in [2.75, 3.05) is 0 Å². The monoisotopic (exact) mass is 284 g/mol. The third-order valence-electron chi connectivity index (χ3n) is 2.06. The third-order valence-corrected chi connectivity index (χ3v) is 2.58. The minimum absolute atomic E-state index is 0.0524. The molecule has 0 fully saturated rings. The Hall–Kier alpha value is -1.16. The van der Waals surface area contributed by atoms with Crippen LogP contribution < -0.4 is 4.74 Å². The highest BCUT2D eigenvalue weighted by atomic mass is 79.9. The molecule has 0 aromatic heterocycles. The van der Waals surface area contributed by atoms with Gasteiger partial charge in [-0.2, -0.15) is 0 Å². The fourth-order valence-electron chi connectivity index (χ4n) is 1.28. The van der Waals surface area contributed by atoms with Crippen molar-refractivity contribution in [3.05, 3.63) is 29.3 Å². The van der Waals surface area contributed by atoms with Gasteiger partial charge in [-0.3, -0.25) is 9.59 Å². The summed E-state index contributed by atoms with van der Waals surface area (Å²) >= 11 is 3.41. The molecule has 0 aliphatic heterocycles. The van der Waals surface area contributed by atoms with E-state index in [0.29, 0.717) is 11.3 Å². The van der Waals surface area contributed by atoms with Gasteiger partial charge in [0.2, 0.25) is 0 Å². The predicted octanol–water partition coefficient (Wildman–Crippen LogP) is 3.27. The molecule has 0 N–H and O–H groups in total. The van der Waals surface area contributed by atoms with Crippen LogP contribution in [0.15, 0.2) is 18.2 Å². The summed E-state index contributed by atoms with van der Waals surface area (Å²) < 4.78 is 4.98. The van der Waals surface area contributed by atoms with Crippen molar-refractivity contribution in [2.24, 2.45) is 0 Å². The predicted molar refractivity (Wildman–Crippen MR) is 65.1 cm³/mol. The minimum Gasteiger partial charge on any atom is -0.427 e. The van der Waals surface area contributed by atoms with Gasteiger partial charge in [0.1, 0.15) is 5.75 Å². The third kappa shape index (κ3) is 3.45. The van der Waals surface area contributed by atoms with Crippen LogP contribution in [0.1, 0.15) is 41.5 Å². The summed E-state index contributed by atoms with van der Waals surface area (Å²) in [7, 11) is 0. The Morgan fingerprint density at radius 2 is 1.88 bits per heavy atom. The van der Waals surface area contributed by atoms with E-state index in [1.165, 1.54) is 13.8 Å². The number of carbonyl (C=O) groups excluding carboxylic acids is 2. The first kappa shape index (κ1) is 12.9. The highest BCUT2D eigenvalue weighted by Gasteiger charge is 2.10. The van der Waals surface area contributed by atoms with E-state index >= 15 is 0 Å². The van der Waals surface area contributed by atoms with E-state index in [9.17, 15) is 9.59 Å². The van der Waals surface area contributed by atoms with Gasteiger partial charge in [-0.25, -0.2) is 0 Å². The molecule has 16 heavy (non-hydrogen) atoms. The molecule has 4 heteroatoms. The Morgan fingerprint density at radius 1 is 1.25 bits per heavy atom. The summed E-state index contributed by atoms with van der Waals surface area (Å²) in [6, 6.07) is 5.10. The Kier molecular flexibility index (Phi) is 4.24. The van der Waals surface area contributed by atoms with Gasteiger partial charge >= 0.3 is 5.97 Å². The lowest BCUT2D eigenvalue weighted by molar-refractivity contribution is -0.131. The van der Waals surface area contributed by atoms with E-state index in [1.54, 1.807) is 18.2 Å². The summed E-state index contributed by atoms with van der Waals surface area (Å²) in [5.74, 6) is -0.0428. The van der Waals surface area contributed by atoms with E-state index in [1.807, 2.05) is 6.92 Å². The van der Waals surface area contributed by atoms with Crippen LogP contribution in [0.3, 0.4) is 0 Å². The van der Waals surface area contributed by atoms with Gasteiger partial charge in [0.25, 0.3) is 0 Å². The Bertz CT molecular complexity index is 424. The Labute approximate surface area is 103 Å². The van der Waals surface area contributed by atoms with Crippen molar-refractivity contribution < 1.29 is 14.3 Å². The van der Waals surface area contributed by atoms with Crippen molar-refractivity contribution >= 4 is 27.7 Å². The summed E-state index contributed by atoms with van der Waals surface area (Å²) in [5.41, 5.74) is 1.45. The number of hydrogen-bond acceptors (Lipinski definition) is 3. The number of carbonyl (C=O) groups is 2. The standard InChI is InChI=1S/C12H13BrO3/c1-7(13)10-4-11(8(2)14)6-12(5-10)16-9(3)15/h4-7H,1-3H3/t7-/m1/s1. The molecule has 1 aromatic rings. The number of esters is 1. The highest BCUT2D eigenvalue weighted by Crippen LogP contribution is 2.27. The molecule has 3 nitrogen and oxygen atoms in total. The molecule has 0 spiro atoms. The summed E-state index contributed by atoms with van der Waals surface area (Å²) in [6.45, 7) is 4.75. The van der Waals surface area contributed by atoms with Crippen molar-refractivity contribution in [1.29, 1.82) is 0 Å². The van der Waals surface area contributed by atoms with Gasteiger partial charge < -0.3 is 4.74 Å². The van der Waals surface area contributed by atoms with Crippen molar-refractivity contribution in [1.82, 2.24) is 0 Å². The van der Waals surface area contributed by atoms with Crippen LogP contribution in [0, 0.1) is 0 Å². The topological polar surface area (TPSA) is 43.4 Å². The smallest absolute Gasteiger partial charge is 0.308 e. The number of alkyl halides is 1. The van der Waals surface area contributed by atoms with Gasteiger partial charge in [-0.1, -0.05) is 15.9 Å². The second-order valence-electron chi connectivity index (χ2n) is 3.56. The second kappa shape index (κ2) is 5.25. The molecule has 0 saturated carbocycles. The normalized spacial score (nSPS) is 12.0. The highest BCUT2D eigenvalue weighted by molar-refractivity contribution is 9.09. The molecule has 0 aliphatic rings. The number of Topliss-reactive ketones (excluding diaryl/α,β-unsaturated/α-hetero) is 1. The number of hydrogen-bond donors (Lipinski definition) is 0. The van der Waals surface area contributed by atoms with Gasteiger partial charge in [0, 0.05) is 17.3 Å². The van der Waals surface area contributed by atoms with Crippen LogP contribution in [0.2, 0.25) is 0 Å². The average Bonchev–Trinajstić information content (AvgIpc) is 2.15. The summed E-state index contributed by atoms with van der Waals surface area (Å²) in [5, 5.41) is 0. The molecule has 0 heterocycles. The second-order valence-corrected chi connectivity index (χ2v) is 4.93. The van der Waals surface area contributed by atoms with Crippen LogP contribution in [0.25, 0.3) is 0 Å². The number of ether oxygens (including phenoxy) is 1. The van der Waals surface area contributed by atoms with E-state index in [4.69, 9.17) is 4.74 Å². The van der Waals surface area contributed by atoms with E-state index < -0.39 is 5.97 Å². The molecule has 1 atom stereocenters. The lowest BCUT2D eigenvalue weighted by Gasteiger charge is -2.09. The molecule has 0 amide bonds.